The summed E-state index contributed by atoms with van der Waals surface area (Å²) < 4.78 is 11.1. The van der Waals surface area contributed by atoms with E-state index in [0.717, 1.165) is 54.2 Å². The highest BCUT2D eigenvalue weighted by atomic mass is 16.5. The van der Waals surface area contributed by atoms with Gasteiger partial charge < -0.3 is 19.4 Å². The molecule has 2 N–H and O–H groups in total. The van der Waals surface area contributed by atoms with Gasteiger partial charge in [0.25, 0.3) is 5.91 Å². The van der Waals surface area contributed by atoms with Crippen LogP contribution in [-0.2, 0) is 11.3 Å². The molecule has 0 unspecified atom stereocenters. The fourth-order valence-corrected chi connectivity index (χ4v) is 4.00. The van der Waals surface area contributed by atoms with Gasteiger partial charge in [-0.1, -0.05) is 24.3 Å². The lowest BCUT2D eigenvalue weighted by Crippen LogP contribution is -3.17. The molecule has 0 spiro atoms. The summed E-state index contributed by atoms with van der Waals surface area (Å²) in [6.45, 7) is 4.44. The number of nitrogens with one attached hydrogen (secondary N) is 2. The summed E-state index contributed by atoms with van der Waals surface area (Å²) in [5.41, 5.74) is 2.84. The number of likely N-dealkylation sites (tertiary alicyclic amines) is 1. The smallest absolute Gasteiger partial charge is 0.278 e. The number of fused-ring (bicyclic) bond motifs is 1. The highest BCUT2D eigenvalue weighted by Crippen LogP contribution is 2.26. The molecule has 1 aromatic heterocycles. The minimum absolute atomic E-state index is 0.0715. The first-order valence-electron chi connectivity index (χ1n) is 10.2. The third-order valence-electron chi connectivity index (χ3n) is 5.92. The Morgan fingerprint density at radius 2 is 1.93 bits per heavy atom. The number of ether oxygens (including phenoxy) is 1. The molecule has 1 aliphatic heterocycles. The zero-order valence-corrected chi connectivity index (χ0v) is 17.0. The van der Waals surface area contributed by atoms with E-state index in [1.807, 2.05) is 55.5 Å². The van der Waals surface area contributed by atoms with Crippen LogP contribution >= 0.6 is 0 Å². The zero-order valence-electron chi connectivity index (χ0n) is 17.0. The highest BCUT2D eigenvalue weighted by Gasteiger charge is 2.32. The summed E-state index contributed by atoms with van der Waals surface area (Å²) in [6, 6.07) is 15.6. The van der Waals surface area contributed by atoms with Gasteiger partial charge in [0.15, 0.2) is 17.5 Å². The second kappa shape index (κ2) is 8.66. The van der Waals surface area contributed by atoms with Gasteiger partial charge in [0.2, 0.25) is 0 Å². The maximum atomic E-state index is 12.6. The summed E-state index contributed by atoms with van der Waals surface area (Å²) in [6.07, 6.45) is 1.97. The number of hydrogen-bond acceptors (Lipinski definition) is 4. The number of nitrogens with zero attached hydrogens (tertiary/aromatic N) is 1. The zero-order chi connectivity index (χ0) is 20.2. The summed E-state index contributed by atoms with van der Waals surface area (Å²) in [7, 11) is 1.65. The van der Waals surface area contributed by atoms with Gasteiger partial charge in [0.1, 0.15) is 11.3 Å². The molecule has 0 bridgehead atoms. The Balaban J connectivity index is 1.28. The average Bonchev–Trinajstić information content (AvgIpc) is 3.22. The van der Waals surface area contributed by atoms with E-state index < -0.39 is 0 Å². The normalized spacial score (nSPS) is 20.3. The first-order valence-corrected chi connectivity index (χ1v) is 10.2. The number of benzene rings is 2. The molecule has 0 aliphatic carbocycles. The van der Waals surface area contributed by atoms with Gasteiger partial charge in [-0.3, -0.25) is 4.79 Å². The molecule has 1 amide bonds. The largest absolute Gasteiger partial charge is 0.497 e. The first kappa shape index (κ1) is 19.5. The number of para-hydroxylation sites is 2. The van der Waals surface area contributed by atoms with E-state index in [4.69, 9.17) is 9.15 Å². The van der Waals surface area contributed by atoms with Crippen LogP contribution in [0.1, 0.15) is 37.1 Å². The van der Waals surface area contributed by atoms with Crippen LogP contribution in [0.15, 0.2) is 52.9 Å². The Morgan fingerprint density at radius 3 is 2.62 bits per heavy atom. The Morgan fingerprint density at radius 1 is 1.21 bits per heavy atom. The molecule has 29 heavy (non-hydrogen) atoms. The van der Waals surface area contributed by atoms with Crippen molar-refractivity contribution in [3.8, 4) is 5.75 Å². The van der Waals surface area contributed by atoms with Gasteiger partial charge in [-0.2, -0.15) is 0 Å². The fourth-order valence-electron chi connectivity index (χ4n) is 4.00. The Hall–Kier alpha value is -2.86. The monoisotopic (exact) mass is 394 g/mol. The minimum Gasteiger partial charge on any atom is -0.497 e. The number of piperidine rings is 1. The van der Waals surface area contributed by atoms with Crippen molar-refractivity contribution in [1.82, 2.24) is 10.3 Å². The molecule has 1 aliphatic rings. The maximum absolute atomic E-state index is 12.6. The van der Waals surface area contributed by atoms with Crippen molar-refractivity contribution in [2.45, 2.75) is 38.3 Å². The topological polar surface area (TPSA) is 68.8 Å². The third-order valence-corrected chi connectivity index (χ3v) is 5.92. The Labute approximate surface area is 170 Å². The van der Waals surface area contributed by atoms with Crippen molar-refractivity contribution in [3.05, 3.63) is 60.0 Å². The fraction of sp³-hybridized carbons (Fsp3) is 0.391. The van der Waals surface area contributed by atoms with Crippen LogP contribution in [0.25, 0.3) is 11.1 Å². The molecule has 0 saturated carbocycles. The van der Waals surface area contributed by atoms with Gasteiger partial charge >= 0.3 is 0 Å². The van der Waals surface area contributed by atoms with E-state index in [2.05, 4.69) is 10.3 Å². The van der Waals surface area contributed by atoms with Gasteiger partial charge in [0.05, 0.1) is 20.2 Å². The molecule has 1 saturated heterocycles. The number of carbonyl (C=O) groups is 1. The van der Waals surface area contributed by atoms with Crippen molar-refractivity contribution in [3.63, 3.8) is 0 Å². The summed E-state index contributed by atoms with van der Waals surface area (Å²) in [5.74, 6) is 2.08. The molecule has 1 fully saturated rings. The minimum atomic E-state index is -0.0715. The van der Waals surface area contributed by atoms with Crippen LogP contribution in [0.2, 0.25) is 0 Å². The first-order chi connectivity index (χ1) is 14.1. The molecule has 4 rings (SSSR count). The molecule has 3 aromatic rings. The number of carbonyl (C=O) groups excluding carboxylic acids is 1. The van der Waals surface area contributed by atoms with Gasteiger partial charge in [0, 0.05) is 25.3 Å². The van der Waals surface area contributed by atoms with Crippen LogP contribution < -0.4 is 15.0 Å². The summed E-state index contributed by atoms with van der Waals surface area (Å²) >= 11 is 0. The van der Waals surface area contributed by atoms with Crippen molar-refractivity contribution in [2.75, 3.05) is 20.2 Å². The predicted molar refractivity (Wildman–Crippen MR) is 111 cm³/mol. The second-order valence-electron chi connectivity index (χ2n) is 7.74. The van der Waals surface area contributed by atoms with Crippen LogP contribution in [0.5, 0.6) is 5.75 Å². The number of methoxy groups -OCH3 is 1. The van der Waals surface area contributed by atoms with Crippen molar-refractivity contribution < 1.29 is 18.8 Å². The van der Waals surface area contributed by atoms with Crippen LogP contribution in [-0.4, -0.2) is 37.1 Å². The standard InChI is InChI=1S/C23H27N3O3/c1-16(22(27)24-15-17-7-9-19(28-2)10-8-17)26-13-11-18(12-14-26)23-25-20-5-3-4-6-21(20)29-23/h3-10,16,18H,11-15H2,1-2H3,(H,24,27)/p+1/t16-/m1/s1. The van der Waals surface area contributed by atoms with Crippen molar-refractivity contribution in [2.24, 2.45) is 0 Å². The molecular formula is C23H28N3O3+. The third kappa shape index (κ3) is 4.43. The lowest BCUT2D eigenvalue weighted by molar-refractivity contribution is -0.919. The SMILES string of the molecule is COc1ccc(CNC(=O)[C@@H](C)[NH+]2CCC(c3nc4ccccc4o3)CC2)cc1. The number of oxazole rings is 1. The number of amides is 1. The van der Waals surface area contributed by atoms with E-state index in [1.165, 1.54) is 4.90 Å². The highest BCUT2D eigenvalue weighted by molar-refractivity contribution is 5.79. The lowest BCUT2D eigenvalue weighted by Gasteiger charge is -2.31. The average molecular weight is 394 g/mol. The van der Waals surface area contributed by atoms with E-state index in [1.54, 1.807) is 7.11 Å². The molecule has 2 heterocycles. The molecule has 1 atom stereocenters. The van der Waals surface area contributed by atoms with E-state index in [0.29, 0.717) is 12.5 Å². The second-order valence-corrected chi connectivity index (χ2v) is 7.74. The molecule has 6 nitrogen and oxygen atoms in total. The molecule has 152 valence electrons. The summed E-state index contributed by atoms with van der Waals surface area (Å²) in [4.78, 5) is 18.6. The number of quaternary nitrogens is 1. The number of rotatable bonds is 6. The van der Waals surface area contributed by atoms with Crippen LogP contribution in [0, 0.1) is 0 Å². The number of hydrogen-bond donors (Lipinski definition) is 2. The molecule has 0 radical (unpaired) electrons. The molecule has 6 heteroatoms. The van der Waals surface area contributed by atoms with E-state index in [9.17, 15) is 4.79 Å². The van der Waals surface area contributed by atoms with Crippen molar-refractivity contribution >= 4 is 17.0 Å². The van der Waals surface area contributed by atoms with Crippen molar-refractivity contribution in [1.29, 1.82) is 0 Å². The molecule has 2 aromatic carbocycles. The predicted octanol–water partition coefficient (Wildman–Crippen LogP) is 2.30. The lowest BCUT2D eigenvalue weighted by atomic mass is 9.95. The van der Waals surface area contributed by atoms with Gasteiger partial charge in [-0.05, 0) is 36.8 Å². The van der Waals surface area contributed by atoms with Gasteiger partial charge in [-0.25, -0.2) is 4.98 Å². The van der Waals surface area contributed by atoms with Crippen LogP contribution in [0.4, 0.5) is 0 Å². The quantitative estimate of drug-likeness (QED) is 0.673. The molecular weight excluding hydrogens is 366 g/mol. The van der Waals surface area contributed by atoms with E-state index in [-0.39, 0.29) is 11.9 Å². The maximum Gasteiger partial charge on any atom is 0.278 e. The summed E-state index contributed by atoms with van der Waals surface area (Å²) in [5, 5.41) is 3.06. The Bertz CT molecular complexity index is 926. The number of aromatic nitrogens is 1. The van der Waals surface area contributed by atoms with Crippen LogP contribution in [0.3, 0.4) is 0 Å². The van der Waals surface area contributed by atoms with Gasteiger partial charge in [-0.15, -0.1) is 0 Å². The van der Waals surface area contributed by atoms with E-state index >= 15 is 0 Å². The Kier molecular flexibility index (Phi) is 5.81.